The van der Waals surface area contributed by atoms with Crippen molar-refractivity contribution in [2.24, 2.45) is 5.92 Å². The Bertz CT molecular complexity index is 851. The van der Waals surface area contributed by atoms with E-state index in [0.717, 1.165) is 18.5 Å². The predicted molar refractivity (Wildman–Crippen MR) is 98.1 cm³/mol. The number of hydrogen-bond donors (Lipinski definition) is 1. The highest BCUT2D eigenvalue weighted by atomic mass is 16.2. The lowest BCUT2D eigenvalue weighted by Gasteiger charge is -2.20. The molecular formula is C19H26N4O2. The average molecular weight is 342 g/mol. The molecule has 0 spiro atoms. The van der Waals surface area contributed by atoms with Crippen molar-refractivity contribution in [2.45, 2.75) is 45.2 Å². The maximum Gasteiger partial charge on any atom is 0.337 e. The zero-order chi connectivity index (χ0) is 17.6. The highest BCUT2D eigenvalue weighted by Gasteiger charge is 2.37. The van der Waals surface area contributed by atoms with Gasteiger partial charge in [-0.15, -0.1) is 0 Å². The van der Waals surface area contributed by atoms with Crippen LogP contribution < -0.4 is 11.0 Å². The summed E-state index contributed by atoms with van der Waals surface area (Å²) in [5.41, 5.74) is 1.22. The van der Waals surface area contributed by atoms with Crippen molar-refractivity contribution in [3.8, 4) is 0 Å². The number of hydrogen-bond acceptors (Lipinski definition) is 3. The first-order valence-electron chi connectivity index (χ1n) is 9.32. The van der Waals surface area contributed by atoms with Crippen molar-refractivity contribution >= 4 is 17.1 Å². The predicted octanol–water partition coefficient (Wildman–Crippen LogP) is 2.43. The molecule has 1 aromatic heterocycles. The van der Waals surface area contributed by atoms with Gasteiger partial charge >= 0.3 is 11.7 Å². The van der Waals surface area contributed by atoms with Gasteiger partial charge in [0.15, 0.2) is 0 Å². The van der Waals surface area contributed by atoms with Gasteiger partial charge in [0.1, 0.15) is 0 Å². The van der Waals surface area contributed by atoms with Crippen molar-refractivity contribution in [1.82, 2.24) is 19.4 Å². The number of rotatable bonds is 3. The fourth-order valence-electron chi connectivity index (χ4n) is 4.59. The van der Waals surface area contributed by atoms with Crippen molar-refractivity contribution in [3.05, 3.63) is 34.7 Å². The average Bonchev–Trinajstić information content (AvgIpc) is 3.25. The number of para-hydroxylation sites is 2. The third-order valence-electron chi connectivity index (χ3n) is 5.76. The van der Waals surface area contributed by atoms with Crippen molar-refractivity contribution in [3.63, 3.8) is 0 Å². The molecular weight excluding hydrogens is 316 g/mol. The molecule has 2 saturated heterocycles. The molecule has 25 heavy (non-hydrogen) atoms. The molecule has 6 nitrogen and oxygen atoms in total. The van der Waals surface area contributed by atoms with Gasteiger partial charge in [0, 0.05) is 18.6 Å². The minimum Gasteiger partial charge on any atom is -0.337 e. The summed E-state index contributed by atoms with van der Waals surface area (Å²) in [6, 6.07) is 7.80. The Hall–Kier alpha value is -2.08. The summed E-state index contributed by atoms with van der Waals surface area (Å²) in [5, 5.41) is 3.02. The van der Waals surface area contributed by atoms with Crippen LogP contribution in [0.1, 0.15) is 39.2 Å². The fourth-order valence-corrected chi connectivity index (χ4v) is 4.59. The van der Waals surface area contributed by atoms with Crippen LogP contribution in [0.3, 0.4) is 0 Å². The molecule has 1 N–H and O–H groups in total. The number of benzene rings is 1. The maximum atomic E-state index is 12.8. The van der Waals surface area contributed by atoms with E-state index in [9.17, 15) is 9.59 Å². The molecule has 6 heteroatoms. The third kappa shape index (κ3) is 2.68. The quantitative estimate of drug-likeness (QED) is 0.932. The summed E-state index contributed by atoms with van der Waals surface area (Å²) in [7, 11) is 0. The molecule has 1 aromatic carbocycles. The SMILES string of the molecule is CC(C)n1c(=O)n(C(=O)NC[C@@H]2CCN3CCC[C@H]23)c2ccccc21. The highest BCUT2D eigenvalue weighted by molar-refractivity contribution is 5.89. The van der Waals surface area contributed by atoms with Crippen molar-refractivity contribution in [1.29, 1.82) is 0 Å². The third-order valence-corrected chi connectivity index (χ3v) is 5.76. The Morgan fingerprint density at radius 2 is 1.96 bits per heavy atom. The van der Waals surface area contributed by atoms with Crippen LogP contribution in [0.5, 0.6) is 0 Å². The smallest absolute Gasteiger partial charge is 0.337 e. The number of amides is 1. The fraction of sp³-hybridized carbons (Fsp3) is 0.579. The van der Waals surface area contributed by atoms with Crippen LogP contribution in [0.25, 0.3) is 11.0 Å². The van der Waals surface area contributed by atoms with Gasteiger partial charge in [0.05, 0.1) is 11.0 Å². The Labute approximate surface area is 147 Å². The van der Waals surface area contributed by atoms with E-state index >= 15 is 0 Å². The summed E-state index contributed by atoms with van der Waals surface area (Å²) < 4.78 is 2.97. The van der Waals surface area contributed by atoms with Gasteiger partial charge in [-0.3, -0.25) is 4.57 Å². The first-order chi connectivity index (χ1) is 12.1. The lowest BCUT2D eigenvalue weighted by atomic mass is 9.98. The second-order valence-electron chi connectivity index (χ2n) is 7.55. The maximum absolute atomic E-state index is 12.8. The van der Waals surface area contributed by atoms with Crippen LogP contribution in [0.2, 0.25) is 0 Å². The Kier molecular flexibility index (Phi) is 4.15. The second-order valence-corrected chi connectivity index (χ2v) is 7.55. The van der Waals surface area contributed by atoms with Crippen LogP contribution >= 0.6 is 0 Å². The first kappa shape index (κ1) is 16.4. The summed E-state index contributed by atoms with van der Waals surface area (Å²) >= 11 is 0. The van der Waals surface area contributed by atoms with E-state index in [1.807, 2.05) is 38.1 Å². The van der Waals surface area contributed by atoms with E-state index in [4.69, 9.17) is 0 Å². The standard InChI is InChI=1S/C19H26N4O2/c1-13(2)22-16-6-3-4-7-17(16)23(19(22)25)18(24)20-12-14-9-11-21-10-5-8-15(14)21/h3-4,6-7,13-15H,5,8-12H2,1-2H3,(H,20,24)/t14-,15+/m0/s1. The van der Waals surface area contributed by atoms with Crippen molar-refractivity contribution in [2.75, 3.05) is 19.6 Å². The van der Waals surface area contributed by atoms with Gasteiger partial charge in [-0.2, -0.15) is 0 Å². The summed E-state index contributed by atoms with van der Waals surface area (Å²) in [6.07, 6.45) is 3.62. The van der Waals surface area contributed by atoms with E-state index in [0.29, 0.717) is 24.0 Å². The number of imidazole rings is 1. The highest BCUT2D eigenvalue weighted by Crippen LogP contribution is 2.32. The lowest BCUT2D eigenvalue weighted by Crippen LogP contribution is -2.41. The number of carbonyl (C=O) groups is 1. The van der Waals surface area contributed by atoms with Crippen LogP contribution in [-0.4, -0.2) is 45.7 Å². The molecule has 134 valence electrons. The summed E-state index contributed by atoms with van der Waals surface area (Å²) in [6.45, 7) is 6.90. The number of carbonyl (C=O) groups excluding carboxylic acids is 1. The molecule has 2 aromatic rings. The molecule has 2 atom stereocenters. The van der Waals surface area contributed by atoms with Gasteiger partial charge in [-0.1, -0.05) is 12.1 Å². The Morgan fingerprint density at radius 3 is 2.72 bits per heavy atom. The molecule has 1 amide bonds. The van der Waals surface area contributed by atoms with Gasteiger partial charge in [-0.05, 0) is 64.3 Å². The van der Waals surface area contributed by atoms with Crippen LogP contribution in [0, 0.1) is 5.92 Å². The van der Waals surface area contributed by atoms with E-state index < -0.39 is 0 Å². The lowest BCUT2D eigenvalue weighted by molar-refractivity contribution is 0.236. The molecule has 0 bridgehead atoms. The van der Waals surface area contributed by atoms with Crippen LogP contribution in [-0.2, 0) is 0 Å². The zero-order valence-corrected chi connectivity index (χ0v) is 14.9. The Balaban J connectivity index is 1.58. The molecule has 3 heterocycles. The zero-order valence-electron chi connectivity index (χ0n) is 14.9. The minimum absolute atomic E-state index is 0.00771. The normalized spacial score (nSPS) is 23.5. The molecule has 2 fully saturated rings. The summed E-state index contributed by atoms with van der Waals surface area (Å²) in [4.78, 5) is 28.1. The second kappa shape index (κ2) is 6.33. The molecule has 0 saturated carbocycles. The monoisotopic (exact) mass is 342 g/mol. The first-order valence-corrected chi connectivity index (χ1v) is 9.32. The molecule has 0 aliphatic carbocycles. The number of aromatic nitrogens is 2. The van der Waals surface area contributed by atoms with E-state index in [2.05, 4.69) is 10.2 Å². The Morgan fingerprint density at radius 1 is 1.20 bits per heavy atom. The van der Waals surface area contributed by atoms with E-state index in [1.54, 1.807) is 4.57 Å². The minimum atomic E-state index is -0.308. The van der Waals surface area contributed by atoms with E-state index in [1.165, 1.54) is 24.0 Å². The van der Waals surface area contributed by atoms with E-state index in [-0.39, 0.29) is 17.8 Å². The number of fused-ring (bicyclic) bond motifs is 2. The number of nitrogens with one attached hydrogen (secondary N) is 1. The summed E-state index contributed by atoms with van der Waals surface area (Å²) in [5.74, 6) is 0.501. The van der Waals surface area contributed by atoms with Gasteiger partial charge in [0.2, 0.25) is 0 Å². The van der Waals surface area contributed by atoms with Crippen LogP contribution in [0.4, 0.5) is 4.79 Å². The largest absolute Gasteiger partial charge is 0.337 e. The topological polar surface area (TPSA) is 59.3 Å². The van der Waals surface area contributed by atoms with Gasteiger partial charge < -0.3 is 10.2 Å². The van der Waals surface area contributed by atoms with Crippen LogP contribution in [0.15, 0.2) is 29.1 Å². The molecule has 0 unspecified atom stereocenters. The number of nitrogens with zero attached hydrogens (tertiary/aromatic N) is 3. The molecule has 0 radical (unpaired) electrons. The molecule has 2 aliphatic rings. The molecule has 4 rings (SSSR count). The van der Waals surface area contributed by atoms with Crippen molar-refractivity contribution < 1.29 is 4.79 Å². The van der Waals surface area contributed by atoms with Gasteiger partial charge in [0.25, 0.3) is 0 Å². The molecule has 2 aliphatic heterocycles. The van der Waals surface area contributed by atoms with Gasteiger partial charge in [-0.25, -0.2) is 14.2 Å².